The van der Waals surface area contributed by atoms with Crippen LogP contribution in [-0.4, -0.2) is 65.2 Å². The van der Waals surface area contributed by atoms with Gasteiger partial charge in [0.1, 0.15) is 12.6 Å². The molecule has 0 saturated carbocycles. The van der Waals surface area contributed by atoms with E-state index in [0.717, 1.165) is 25.1 Å². The minimum absolute atomic E-state index is 0.116. The Balaban J connectivity index is 2.21. The van der Waals surface area contributed by atoms with Crippen molar-refractivity contribution in [2.45, 2.75) is 90.0 Å². The molecule has 162 valence electrons. The summed E-state index contributed by atoms with van der Waals surface area (Å²) in [6, 6.07) is -0.696. The highest BCUT2D eigenvalue weighted by Gasteiger charge is 2.30. The van der Waals surface area contributed by atoms with E-state index < -0.39 is 24.6 Å². The largest absolute Gasteiger partial charge is 0.480 e. The predicted octanol–water partition coefficient (Wildman–Crippen LogP) is 3.96. The molecule has 0 aromatic heterocycles. The monoisotopic (exact) mass is 398 g/mol. The smallest absolute Gasteiger partial charge is 0.329 e. The predicted molar refractivity (Wildman–Crippen MR) is 110 cm³/mol. The number of nitrogens with zero attached hydrogens (tertiary/aromatic N) is 2. The highest BCUT2D eigenvalue weighted by Crippen LogP contribution is 2.17. The van der Waals surface area contributed by atoms with E-state index in [1.165, 1.54) is 51.4 Å². The maximum atomic E-state index is 11.6. The van der Waals surface area contributed by atoms with Crippen molar-refractivity contribution in [2.24, 2.45) is 4.99 Å². The van der Waals surface area contributed by atoms with Gasteiger partial charge in [-0.25, -0.2) is 9.59 Å². The highest BCUT2D eigenvalue weighted by atomic mass is 16.5. The Morgan fingerprint density at radius 2 is 1.64 bits per heavy atom. The first-order valence-electron chi connectivity index (χ1n) is 10.9. The molecule has 0 bridgehead atoms. The van der Waals surface area contributed by atoms with Crippen LogP contribution < -0.4 is 0 Å². The van der Waals surface area contributed by atoms with Crippen molar-refractivity contribution in [3.8, 4) is 0 Å². The molecule has 1 aliphatic heterocycles. The molecule has 1 heterocycles. The molecule has 28 heavy (non-hydrogen) atoms. The first kappa shape index (κ1) is 24.4. The van der Waals surface area contributed by atoms with Crippen molar-refractivity contribution in [1.29, 1.82) is 0 Å². The van der Waals surface area contributed by atoms with Gasteiger partial charge in [0.2, 0.25) is 0 Å². The van der Waals surface area contributed by atoms with E-state index in [4.69, 9.17) is 9.84 Å². The molecule has 0 saturated heterocycles. The number of carbonyl (C=O) groups is 2. The number of aliphatic imine (C=N–C) groups is 1. The number of rotatable bonds is 18. The Bertz CT molecular complexity index is 481. The van der Waals surface area contributed by atoms with E-state index in [1.54, 1.807) is 0 Å². The molecule has 1 atom stereocenters. The molecular formula is C21H38N2O5. The summed E-state index contributed by atoms with van der Waals surface area (Å²) in [6.07, 6.45) is 13.8. The molecule has 0 radical (unpaired) electrons. The molecule has 1 unspecified atom stereocenters. The molecule has 7 heteroatoms. The van der Waals surface area contributed by atoms with E-state index in [9.17, 15) is 14.7 Å². The Morgan fingerprint density at radius 1 is 1.04 bits per heavy atom. The second-order valence-electron chi connectivity index (χ2n) is 7.51. The number of unbranched alkanes of at least 4 members (excludes halogenated alkanes) is 9. The van der Waals surface area contributed by atoms with Crippen LogP contribution in [-0.2, 0) is 14.3 Å². The molecule has 7 nitrogen and oxygen atoms in total. The van der Waals surface area contributed by atoms with E-state index in [2.05, 4.69) is 11.9 Å². The van der Waals surface area contributed by atoms with Crippen LogP contribution >= 0.6 is 0 Å². The maximum Gasteiger partial charge on any atom is 0.329 e. The van der Waals surface area contributed by atoms with Crippen molar-refractivity contribution in [2.75, 3.05) is 26.3 Å². The van der Waals surface area contributed by atoms with Crippen molar-refractivity contribution in [1.82, 2.24) is 4.90 Å². The summed E-state index contributed by atoms with van der Waals surface area (Å²) in [5.74, 6) is -1.07. The summed E-state index contributed by atoms with van der Waals surface area (Å²) < 4.78 is 5.01. The lowest BCUT2D eigenvalue weighted by Gasteiger charge is -2.27. The Hall–Kier alpha value is -1.63. The van der Waals surface area contributed by atoms with Gasteiger partial charge >= 0.3 is 11.9 Å². The summed E-state index contributed by atoms with van der Waals surface area (Å²) in [6.45, 7) is 3.20. The van der Waals surface area contributed by atoms with Gasteiger partial charge < -0.3 is 19.8 Å². The van der Waals surface area contributed by atoms with Crippen LogP contribution in [0.4, 0.5) is 0 Å². The fourth-order valence-corrected chi connectivity index (χ4v) is 3.60. The lowest BCUT2D eigenvalue weighted by molar-refractivity contribution is -0.143. The lowest BCUT2D eigenvalue weighted by Crippen LogP contribution is -2.44. The van der Waals surface area contributed by atoms with Gasteiger partial charge in [0.25, 0.3) is 0 Å². The van der Waals surface area contributed by atoms with Crippen molar-refractivity contribution < 1.29 is 24.5 Å². The second kappa shape index (κ2) is 15.3. The third-order valence-electron chi connectivity index (χ3n) is 5.14. The van der Waals surface area contributed by atoms with Gasteiger partial charge in [-0.3, -0.25) is 4.99 Å². The van der Waals surface area contributed by atoms with E-state index in [1.807, 2.05) is 4.90 Å². The molecule has 1 aliphatic rings. The first-order chi connectivity index (χ1) is 13.6. The Labute approximate surface area is 169 Å². The van der Waals surface area contributed by atoms with E-state index in [0.29, 0.717) is 13.1 Å². The average molecular weight is 399 g/mol. The van der Waals surface area contributed by atoms with Gasteiger partial charge in [-0.2, -0.15) is 0 Å². The fraction of sp³-hybridized carbons (Fsp3) is 0.857. The molecule has 0 amide bonds. The van der Waals surface area contributed by atoms with Crippen LogP contribution in [0.25, 0.3) is 0 Å². The average Bonchev–Trinajstić information content (AvgIpc) is 3.10. The second-order valence-corrected chi connectivity index (χ2v) is 7.51. The minimum Gasteiger partial charge on any atom is -0.480 e. The lowest BCUT2D eigenvalue weighted by atomic mass is 10.1. The minimum atomic E-state index is -1.05. The third kappa shape index (κ3) is 10.6. The highest BCUT2D eigenvalue weighted by molar-refractivity contribution is 5.88. The summed E-state index contributed by atoms with van der Waals surface area (Å²) in [5.41, 5.74) is 0. The molecule has 0 spiro atoms. The number of carboxylic acid groups (broad SMARTS) is 2. The molecule has 0 aromatic carbocycles. The zero-order valence-electron chi connectivity index (χ0n) is 17.4. The summed E-state index contributed by atoms with van der Waals surface area (Å²) >= 11 is 0. The quantitative estimate of drug-likeness (QED) is 0.339. The number of amidine groups is 1. The van der Waals surface area contributed by atoms with Crippen LogP contribution in [0.1, 0.15) is 84.0 Å². The third-order valence-corrected chi connectivity index (χ3v) is 5.14. The van der Waals surface area contributed by atoms with Gasteiger partial charge in [-0.1, -0.05) is 64.7 Å². The normalized spacial score (nSPS) is 14.9. The molecule has 0 aromatic rings. The number of aliphatic carboxylic acids is 2. The zero-order chi connectivity index (χ0) is 20.6. The molecule has 1 rings (SSSR count). The molecule has 2 N–H and O–H groups in total. The van der Waals surface area contributed by atoms with Crippen LogP contribution in [0.3, 0.4) is 0 Å². The van der Waals surface area contributed by atoms with Crippen molar-refractivity contribution in [3.05, 3.63) is 0 Å². The Morgan fingerprint density at radius 3 is 2.21 bits per heavy atom. The molecular weight excluding hydrogens is 360 g/mol. The van der Waals surface area contributed by atoms with Crippen molar-refractivity contribution in [3.63, 3.8) is 0 Å². The van der Waals surface area contributed by atoms with E-state index >= 15 is 0 Å². The number of carboxylic acids is 2. The van der Waals surface area contributed by atoms with Gasteiger partial charge in [-0.05, 0) is 6.42 Å². The number of ether oxygens (including phenoxy) is 1. The van der Waals surface area contributed by atoms with Gasteiger partial charge in [0.15, 0.2) is 0 Å². The zero-order valence-corrected chi connectivity index (χ0v) is 17.4. The Kier molecular flexibility index (Phi) is 13.3. The van der Waals surface area contributed by atoms with Crippen LogP contribution in [0.2, 0.25) is 0 Å². The van der Waals surface area contributed by atoms with Crippen molar-refractivity contribution >= 4 is 17.8 Å². The summed E-state index contributed by atoms with van der Waals surface area (Å²) in [5, 5.41) is 18.1. The van der Waals surface area contributed by atoms with Crippen LogP contribution in [0.15, 0.2) is 4.99 Å². The van der Waals surface area contributed by atoms with Gasteiger partial charge in [0, 0.05) is 26.0 Å². The summed E-state index contributed by atoms with van der Waals surface area (Å²) in [7, 11) is 0. The molecule has 0 aliphatic carbocycles. The number of hydrogen-bond donors (Lipinski definition) is 2. The van der Waals surface area contributed by atoms with Gasteiger partial charge in [-0.15, -0.1) is 0 Å². The summed E-state index contributed by atoms with van der Waals surface area (Å²) in [4.78, 5) is 28.5. The fourth-order valence-electron chi connectivity index (χ4n) is 3.60. The standard InChI is InChI=1S/C21H38N2O5/c1-2-3-4-5-6-7-8-9-10-11-12-19-22-14-15-23(19)18(21(26)27)13-16-28-17-20(24)25/h18H,2-17H2,1H3,(H,24,25)(H,26,27). The maximum absolute atomic E-state index is 11.6. The van der Waals surface area contributed by atoms with Gasteiger partial charge in [0.05, 0.1) is 12.4 Å². The number of hydrogen-bond acceptors (Lipinski definition) is 5. The van der Waals surface area contributed by atoms with Crippen LogP contribution in [0.5, 0.6) is 0 Å². The van der Waals surface area contributed by atoms with E-state index in [-0.39, 0.29) is 13.0 Å². The molecule has 0 fully saturated rings. The SMILES string of the molecule is CCCCCCCCCCCCC1=NCCN1C(CCOCC(=O)O)C(=O)O. The first-order valence-corrected chi connectivity index (χ1v) is 10.9. The topological polar surface area (TPSA) is 99.4 Å². The van der Waals surface area contributed by atoms with Crippen LogP contribution in [0, 0.1) is 0 Å².